The smallest absolute Gasteiger partial charge is 0.305 e. The van der Waals surface area contributed by atoms with Crippen molar-refractivity contribution in [1.29, 1.82) is 0 Å². The second kappa shape index (κ2) is 6.94. The van der Waals surface area contributed by atoms with E-state index in [1.54, 1.807) is 0 Å². The number of ether oxygens (including phenoxy) is 2. The molecule has 1 saturated heterocycles. The molecule has 136 valence electrons. The lowest BCUT2D eigenvalue weighted by molar-refractivity contribution is -0.141. The number of carbonyl (C=O) groups excluding carboxylic acids is 1. The molecule has 3 heterocycles. The van der Waals surface area contributed by atoms with E-state index < -0.39 is 0 Å². The molecule has 6 nitrogen and oxygen atoms in total. The van der Waals surface area contributed by atoms with Crippen LogP contribution in [0.5, 0.6) is 5.75 Å². The van der Waals surface area contributed by atoms with E-state index in [0.717, 1.165) is 60.1 Å². The highest BCUT2D eigenvalue weighted by molar-refractivity contribution is 5.69. The average molecular weight is 353 g/mol. The zero-order valence-corrected chi connectivity index (χ0v) is 15.2. The van der Waals surface area contributed by atoms with Crippen molar-refractivity contribution < 1.29 is 14.3 Å². The molecular formula is C20H23N3O3. The number of aromatic nitrogens is 2. The summed E-state index contributed by atoms with van der Waals surface area (Å²) in [6.07, 6.45) is 2.20. The third-order valence-corrected chi connectivity index (χ3v) is 5.16. The van der Waals surface area contributed by atoms with Crippen LogP contribution in [0.25, 0.3) is 0 Å². The topological polar surface area (TPSA) is 64.5 Å². The molecule has 2 aliphatic rings. The van der Waals surface area contributed by atoms with Crippen LogP contribution < -0.4 is 9.64 Å². The van der Waals surface area contributed by atoms with Crippen LogP contribution in [0.1, 0.15) is 35.5 Å². The number of nitrogens with zero attached hydrogens (tertiary/aromatic N) is 3. The lowest BCUT2D eigenvalue weighted by Crippen LogP contribution is -2.24. The highest BCUT2D eigenvalue weighted by Gasteiger charge is 2.29. The first-order valence-electron chi connectivity index (χ1n) is 9.03. The Morgan fingerprint density at radius 2 is 2.19 bits per heavy atom. The maximum absolute atomic E-state index is 11.6. The van der Waals surface area contributed by atoms with Crippen LogP contribution >= 0.6 is 0 Å². The van der Waals surface area contributed by atoms with Gasteiger partial charge in [0.2, 0.25) is 0 Å². The Bertz CT molecular complexity index is 837. The molecule has 1 atom stereocenters. The molecule has 2 aliphatic heterocycles. The highest BCUT2D eigenvalue weighted by atomic mass is 16.5. The number of rotatable bonds is 3. The minimum atomic E-state index is -0.142. The molecule has 6 heteroatoms. The molecule has 1 aromatic heterocycles. The molecule has 0 amide bonds. The first-order valence-corrected chi connectivity index (χ1v) is 9.03. The molecular weight excluding hydrogens is 330 g/mol. The molecule has 0 radical (unpaired) electrons. The summed E-state index contributed by atoms with van der Waals surface area (Å²) in [4.78, 5) is 23.3. The Hall–Kier alpha value is -2.63. The van der Waals surface area contributed by atoms with Crippen molar-refractivity contribution in [3.63, 3.8) is 0 Å². The van der Waals surface area contributed by atoms with Gasteiger partial charge in [0.05, 0.1) is 19.2 Å². The Kier molecular flexibility index (Phi) is 4.49. The highest BCUT2D eigenvalue weighted by Crippen LogP contribution is 2.34. The fourth-order valence-electron chi connectivity index (χ4n) is 3.84. The fourth-order valence-corrected chi connectivity index (χ4v) is 3.84. The van der Waals surface area contributed by atoms with Crippen LogP contribution in [0.3, 0.4) is 0 Å². The van der Waals surface area contributed by atoms with E-state index in [0.29, 0.717) is 18.9 Å². The quantitative estimate of drug-likeness (QED) is 0.791. The number of aryl methyl sites for hydroxylation is 1. The molecule has 26 heavy (non-hydrogen) atoms. The normalized spacial score (nSPS) is 18.5. The van der Waals surface area contributed by atoms with Crippen molar-refractivity contribution in [2.75, 3.05) is 25.1 Å². The van der Waals surface area contributed by atoms with Crippen LogP contribution in [0.2, 0.25) is 0 Å². The van der Waals surface area contributed by atoms with Gasteiger partial charge >= 0.3 is 5.97 Å². The molecule has 0 saturated carbocycles. The van der Waals surface area contributed by atoms with Gasteiger partial charge < -0.3 is 14.4 Å². The lowest BCUT2D eigenvalue weighted by Gasteiger charge is -2.22. The number of anilines is 1. The molecule has 0 unspecified atom stereocenters. The maximum Gasteiger partial charge on any atom is 0.305 e. The Labute approximate surface area is 153 Å². The summed E-state index contributed by atoms with van der Waals surface area (Å²) in [7, 11) is 1.44. The summed E-state index contributed by atoms with van der Waals surface area (Å²) in [5.41, 5.74) is 3.25. The number of esters is 1. The molecule has 1 aromatic carbocycles. The van der Waals surface area contributed by atoms with Crippen molar-refractivity contribution in [2.45, 2.75) is 32.8 Å². The minimum Gasteiger partial charge on any atom is -0.487 e. The summed E-state index contributed by atoms with van der Waals surface area (Å²) in [5.74, 6) is 2.82. The monoisotopic (exact) mass is 353 g/mol. The number of carbonyl (C=O) groups is 1. The van der Waals surface area contributed by atoms with Crippen LogP contribution in [0.15, 0.2) is 24.3 Å². The molecule has 4 rings (SSSR count). The van der Waals surface area contributed by atoms with E-state index in [4.69, 9.17) is 14.5 Å². The zero-order valence-electron chi connectivity index (χ0n) is 15.2. The van der Waals surface area contributed by atoms with Crippen LogP contribution in [-0.2, 0) is 22.6 Å². The van der Waals surface area contributed by atoms with Crippen LogP contribution in [0, 0.1) is 12.8 Å². The van der Waals surface area contributed by atoms with Gasteiger partial charge in [-0.25, -0.2) is 9.97 Å². The molecule has 0 spiro atoms. The van der Waals surface area contributed by atoms with Crippen LogP contribution in [-0.4, -0.2) is 36.1 Å². The number of para-hydroxylation sites is 1. The van der Waals surface area contributed by atoms with Gasteiger partial charge in [-0.05, 0) is 30.9 Å². The number of hydrogen-bond donors (Lipinski definition) is 0. The third-order valence-electron chi connectivity index (χ3n) is 5.16. The fraction of sp³-hybridized carbons (Fsp3) is 0.450. The summed E-state index contributed by atoms with van der Waals surface area (Å²) >= 11 is 0. The Balaban J connectivity index is 1.64. The van der Waals surface area contributed by atoms with E-state index >= 15 is 0 Å². The van der Waals surface area contributed by atoms with Crippen molar-refractivity contribution in [1.82, 2.24) is 9.97 Å². The van der Waals surface area contributed by atoms with Crippen molar-refractivity contribution >= 4 is 11.8 Å². The van der Waals surface area contributed by atoms with Gasteiger partial charge in [0.15, 0.2) is 0 Å². The Morgan fingerprint density at radius 1 is 1.35 bits per heavy atom. The van der Waals surface area contributed by atoms with E-state index in [2.05, 4.69) is 16.0 Å². The molecule has 2 aromatic rings. The van der Waals surface area contributed by atoms with Crippen molar-refractivity contribution in [3.8, 4) is 5.75 Å². The van der Waals surface area contributed by atoms with E-state index in [1.165, 1.54) is 7.11 Å². The molecule has 1 fully saturated rings. The minimum absolute atomic E-state index is 0.142. The second-order valence-corrected chi connectivity index (χ2v) is 6.97. The van der Waals surface area contributed by atoms with Crippen molar-refractivity contribution in [3.05, 3.63) is 46.9 Å². The van der Waals surface area contributed by atoms with Crippen LogP contribution in [0.4, 0.5) is 5.82 Å². The third kappa shape index (κ3) is 3.23. The van der Waals surface area contributed by atoms with Gasteiger partial charge in [-0.1, -0.05) is 18.2 Å². The summed E-state index contributed by atoms with van der Waals surface area (Å²) in [6, 6.07) is 8.12. The van der Waals surface area contributed by atoms with Crippen molar-refractivity contribution in [2.24, 2.45) is 5.92 Å². The average Bonchev–Trinajstić information content (AvgIpc) is 3.01. The lowest BCUT2D eigenvalue weighted by atomic mass is 10.0. The van der Waals surface area contributed by atoms with Gasteiger partial charge in [0, 0.05) is 25.1 Å². The number of hydrogen-bond acceptors (Lipinski definition) is 6. The first kappa shape index (κ1) is 16.8. The van der Waals surface area contributed by atoms with Gasteiger partial charge in [0.1, 0.15) is 24.0 Å². The van der Waals surface area contributed by atoms with E-state index in [1.807, 2.05) is 25.1 Å². The number of methoxy groups -OCH3 is 1. The largest absolute Gasteiger partial charge is 0.487 e. The predicted octanol–water partition coefficient (Wildman–Crippen LogP) is 2.66. The van der Waals surface area contributed by atoms with E-state index in [9.17, 15) is 4.79 Å². The SMILES string of the molecule is COC(=O)C[C@H]1CCN(c2nc(C)nc3c2Cc2ccccc2OC3)C1. The molecule has 0 N–H and O–H groups in total. The van der Waals surface area contributed by atoms with Gasteiger partial charge in [-0.3, -0.25) is 4.79 Å². The summed E-state index contributed by atoms with van der Waals surface area (Å²) in [5, 5.41) is 0. The summed E-state index contributed by atoms with van der Waals surface area (Å²) < 4.78 is 10.8. The van der Waals surface area contributed by atoms with Gasteiger partial charge in [-0.15, -0.1) is 0 Å². The van der Waals surface area contributed by atoms with E-state index in [-0.39, 0.29) is 5.97 Å². The number of benzene rings is 1. The predicted molar refractivity (Wildman–Crippen MR) is 97.3 cm³/mol. The standard InChI is InChI=1S/C20H23N3O3/c1-13-21-17-12-26-18-6-4-3-5-15(18)10-16(17)20(22-13)23-8-7-14(11-23)9-19(24)25-2/h3-6,14H,7-12H2,1-2H3/t14-/m1/s1. The zero-order chi connectivity index (χ0) is 18.1. The van der Waals surface area contributed by atoms with Gasteiger partial charge in [-0.2, -0.15) is 0 Å². The second-order valence-electron chi connectivity index (χ2n) is 6.97. The maximum atomic E-state index is 11.6. The number of fused-ring (bicyclic) bond motifs is 2. The summed E-state index contributed by atoms with van der Waals surface area (Å²) in [6.45, 7) is 4.10. The first-order chi connectivity index (χ1) is 12.6. The Morgan fingerprint density at radius 3 is 3.04 bits per heavy atom. The molecule has 0 bridgehead atoms. The van der Waals surface area contributed by atoms with Gasteiger partial charge in [0.25, 0.3) is 0 Å². The molecule has 0 aliphatic carbocycles.